The maximum Gasteiger partial charge on any atom is 0.327 e. The van der Waals surface area contributed by atoms with Gasteiger partial charge in [-0.1, -0.05) is 6.07 Å². The van der Waals surface area contributed by atoms with Gasteiger partial charge in [-0.2, -0.15) is 0 Å². The summed E-state index contributed by atoms with van der Waals surface area (Å²) in [4.78, 5) is 22.2. The third kappa shape index (κ3) is 5.08. The van der Waals surface area contributed by atoms with Crippen LogP contribution in [0, 0.1) is 18.2 Å². The molecule has 0 heterocycles. The van der Waals surface area contributed by atoms with Crippen LogP contribution in [0.25, 0.3) is 0 Å². The highest BCUT2D eigenvalue weighted by Gasteiger charge is 2.18. The van der Waals surface area contributed by atoms with E-state index in [4.69, 9.17) is 16.3 Å². The minimum absolute atomic E-state index is 0.124. The van der Waals surface area contributed by atoms with Crippen molar-refractivity contribution in [3.8, 4) is 18.1 Å². The highest BCUT2D eigenvalue weighted by molar-refractivity contribution is 5.84. The van der Waals surface area contributed by atoms with E-state index in [9.17, 15) is 14.0 Å². The molecular formula is C13H12FNO4. The Balaban J connectivity index is 2.47. The fourth-order valence-electron chi connectivity index (χ4n) is 1.26. The van der Waals surface area contributed by atoms with Gasteiger partial charge in [0.1, 0.15) is 17.6 Å². The van der Waals surface area contributed by atoms with Gasteiger partial charge in [0.05, 0.1) is 0 Å². The first-order valence-corrected chi connectivity index (χ1v) is 5.37. The quantitative estimate of drug-likeness (QED) is 0.746. The van der Waals surface area contributed by atoms with Crippen molar-refractivity contribution in [1.82, 2.24) is 5.32 Å². The van der Waals surface area contributed by atoms with E-state index in [1.807, 2.05) is 0 Å². The normalized spacial score (nSPS) is 11.2. The molecule has 19 heavy (non-hydrogen) atoms. The molecule has 1 atom stereocenters. The van der Waals surface area contributed by atoms with Gasteiger partial charge >= 0.3 is 5.97 Å². The van der Waals surface area contributed by atoms with Crippen molar-refractivity contribution in [2.45, 2.75) is 12.5 Å². The molecule has 0 radical (unpaired) electrons. The minimum Gasteiger partial charge on any atom is -0.484 e. The lowest BCUT2D eigenvalue weighted by Gasteiger charge is -2.12. The van der Waals surface area contributed by atoms with E-state index in [1.165, 1.54) is 18.2 Å². The summed E-state index contributed by atoms with van der Waals surface area (Å²) in [6.07, 6.45) is 4.86. The predicted octanol–water partition coefficient (Wildman–Crippen LogP) is 0.797. The second kappa shape index (κ2) is 7.01. The van der Waals surface area contributed by atoms with Gasteiger partial charge in [-0.05, 0) is 12.1 Å². The second-order valence-corrected chi connectivity index (χ2v) is 3.61. The Morgan fingerprint density at radius 1 is 1.53 bits per heavy atom. The summed E-state index contributed by atoms with van der Waals surface area (Å²) in [5.74, 6) is -0.0339. The van der Waals surface area contributed by atoms with Gasteiger partial charge in [-0.25, -0.2) is 9.18 Å². The largest absolute Gasteiger partial charge is 0.484 e. The number of aliphatic carboxylic acids is 1. The average Bonchev–Trinajstić information content (AvgIpc) is 2.36. The summed E-state index contributed by atoms with van der Waals surface area (Å²) in [6, 6.07) is 4.10. The van der Waals surface area contributed by atoms with Crippen molar-refractivity contribution in [3.05, 3.63) is 30.1 Å². The van der Waals surface area contributed by atoms with E-state index >= 15 is 0 Å². The maximum absolute atomic E-state index is 12.8. The molecule has 0 saturated heterocycles. The summed E-state index contributed by atoms with van der Waals surface area (Å²) in [7, 11) is 0. The molecule has 0 aromatic heterocycles. The standard InChI is InChI=1S/C13H12FNO4/c1-2-4-11(13(17)18)15-12(16)8-19-10-6-3-5-9(14)7-10/h1,3,5-7,11H,4,8H2,(H,15,16)(H,17,18). The molecule has 0 bridgehead atoms. The highest BCUT2D eigenvalue weighted by atomic mass is 19.1. The molecule has 1 aromatic carbocycles. The topological polar surface area (TPSA) is 75.6 Å². The van der Waals surface area contributed by atoms with Gasteiger partial charge < -0.3 is 15.2 Å². The lowest BCUT2D eigenvalue weighted by Crippen LogP contribution is -2.42. The molecule has 0 spiro atoms. The summed E-state index contributed by atoms with van der Waals surface area (Å²) >= 11 is 0. The summed E-state index contributed by atoms with van der Waals surface area (Å²) in [5.41, 5.74) is 0. The van der Waals surface area contributed by atoms with Crippen molar-refractivity contribution in [2.75, 3.05) is 6.61 Å². The maximum atomic E-state index is 12.8. The van der Waals surface area contributed by atoms with Crippen LogP contribution in [0.15, 0.2) is 24.3 Å². The molecule has 6 heteroatoms. The molecule has 100 valence electrons. The summed E-state index contributed by atoms with van der Waals surface area (Å²) in [6.45, 7) is -0.419. The molecule has 1 aromatic rings. The SMILES string of the molecule is C#CCC(NC(=O)COc1cccc(F)c1)C(=O)O. The van der Waals surface area contributed by atoms with Gasteiger partial charge in [0.25, 0.3) is 5.91 Å². The van der Waals surface area contributed by atoms with Gasteiger partial charge in [-0.3, -0.25) is 4.79 Å². The smallest absolute Gasteiger partial charge is 0.327 e. The zero-order valence-corrected chi connectivity index (χ0v) is 9.93. The predicted molar refractivity (Wildman–Crippen MR) is 64.9 cm³/mol. The van der Waals surface area contributed by atoms with E-state index in [1.54, 1.807) is 0 Å². The molecule has 0 fully saturated rings. The summed E-state index contributed by atoms with van der Waals surface area (Å²) in [5, 5.41) is 11.0. The third-order valence-corrected chi connectivity index (χ3v) is 2.12. The van der Waals surface area contributed by atoms with Gasteiger partial charge in [0, 0.05) is 12.5 Å². The van der Waals surface area contributed by atoms with Crippen LogP contribution in [0.4, 0.5) is 4.39 Å². The van der Waals surface area contributed by atoms with Crippen molar-refractivity contribution in [3.63, 3.8) is 0 Å². The molecule has 5 nitrogen and oxygen atoms in total. The van der Waals surface area contributed by atoms with Crippen LogP contribution in [-0.4, -0.2) is 29.6 Å². The van der Waals surface area contributed by atoms with Crippen LogP contribution in [0.2, 0.25) is 0 Å². The molecule has 0 saturated carbocycles. The van der Waals surface area contributed by atoms with E-state index < -0.39 is 30.3 Å². The Labute approximate surface area is 109 Å². The number of nitrogens with one attached hydrogen (secondary N) is 1. The molecule has 1 unspecified atom stereocenters. The number of terminal acetylenes is 1. The molecule has 1 amide bonds. The van der Waals surface area contributed by atoms with Crippen molar-refractivity contribution in [1.29, 1.82) is 0 Å². The van der Waals surface area contributed by atoms with E-state index in [2.05, 4.69) is 11.2 Å². The van der Waals surface area contributed by atoms with Crippen LogP contribution in [0.3, 0.4) is 0 Å². The van der Waals surface area contributed by atoms with Crippen LogP contribution in [0.1, 0.15) is 6.42 Å². The fraction of sp³-hybridized carbons (Fsp3) is 0.231. The lowest BCUT2D eigenvalue weighted by atomic mass is 10.2. The number of ether oxygens (including phenoxy) is 1. The van der Waals surface area contributed by atoms with Crippen molar-refractivity contribution >= 4 is 11.9 Å². The number of hydrogen-bond acceptors (Lipinski definition) is 3. The first kappa shape index (κ1) is 14.5. The Kier molecular flexibility index (Phi) is 5.35. The number of amides is 1. The van der Waals surface area contributed by atoms with E-state index in [0.717, 1.165) is 6.07 Å². The van der Waals surface area contributed by atoms with E-state index in [-0.39, 0.29) is 12.2 Å². The molecule has 0 aliphatic carbocycles. The van der Waals surface area contributed by atoms with Crippen molar-refractivity contribution < 1.29 is 23.8 Å². The molecule has 2 N–H and O–H groups in total. The van der Waals surface area contributed by atoms with Crippen LogP contribution >= 0.6 is 0 Å². The van der Waals surface area contributed by atoms with Crippen LogP contribution in [0.5, 0.6) is 5.75 Å². The number of rotatable bonds is 6. The zero-order chi connectivity index (χ0) is 14.3. The van der Waals surface area contributed by atoms with Gasteiger partial charge in [0.15, 0.2) is 6.61 Å². The monoisotopic (exact) mass is 265 g/mol. The number of halogens is 1. The number of benzene rings is 1. The van der Waals surface area contributed by atoms with Crippen LogP contribution < -0.4 is 10.1 Å². The number of carbonyl (C=O) groups excluding carboxylic acids is 1. The third-order valence-electron chi connectivity index (χ3n) is 2.12. The molecule has 1 rings (SSSR count). The average molecular weight is 265 g/mol. The Bertz CT molecular complexity index is 510. The first-order chi connectivity index (χ1) is 9.02. The highest BCUT2D eigenvalue weighted by Crippen LogP contribution is 2.11. The first-order valence-electron chi connectivity index (χ1n) is 5.37. The lowest BCUT2D eigenvalue weighted by molar-refractivity contribution is -0.141. The molecule has 0 aliphatic heterocycles. The van der Waals surface area contributed by atoms with Gasteiger partial charge in [0.2, 0.25) is 0 Å². The number of hydrogen-bond donors (Lipinski definition) is 2. The number of carbonyl (C=O) groups is 2. The Hall–Kier alpha value is -2.55. The fourth-order valence-corrected chi connectivity index (χ4v) is 1.26. The summed E-state index contributed by atoms with van der Waals surface area (Å²) < 4.78 is 17.8. The zero-order valence-electron chi connectivity index (χ0n) is 9.93. The number of carboxylic acid groups (broad SMARTS) is 1. The Morgan fingerprint density at radius 2 is 2.26 bits per heavy atom. The minimum atomic E-state index is -1.22. The molecular weight excluding hydrogens is 253 g/mol. The number of carboxylic acids is 1. The second-order valence-electron chi connectivity index (χ2n) is 3.61. The van der Waals surface area contributed by atoms with Crippen LogP contribution in [-0.2, 0) is 9.59 Å². The molecule has 0 aliphatic rings. The van der Waals surface area contributed by atoms with Gasteiger partial charge in [-0.15, -0.1) is 12.3 Å². The van der Waals surface area contributed by atoms with Crippen molar-refractivity contribution in [2.24, 2.45) is 0 Å². The Morgan fingerprint density at radius 3 is 2.84 bits per heavy atom. The van der Waals surface area contributed by atoms with E-state index in [0.29, 0.717) is 0 Å².